The van der Waals surface area contributed by atoms with Gasteiger partial charge in [0.05, 0.1) is 0 Å². The Kier molecular flexibility index (Phi) is 2.86. The van der Waals surface area contributed by atoms with E-state index in [9.17, 15) is 0 Å². The average molecular weight is 227 g/mol. The first-order valence-corrected chi connectivity index (χ1v) is 6.09. The summed E-state index contributed by atoms with van der Waals surface area (Å²) in [5, 5.41) is 2.63. The summed E-state index contributed by atoms with van der Waals surface area (Å²) in [6, 6.07) is 13.4. The van der Waals surface area contributed by atoms with Gasteiger partial charge in [-0.05, 0) is 33.9 Å². The van der Waals surface area contributed by atoms with Gasteiger partial charge in [-0.25, -0.2) is 0 Å². The lowest BCUT2D eigenvalue weighted by Crippen LogP contribution is -2.11. The minimum atomic E-state index is 0.211. The molecule has 0 fully saturated rings. The van der Waals surface area contributed by atoms with Crippen LogP contribution in [-0.2, 0) is 5.41 Å². The molecule has 17 heavy (non-hydrogen) atoms. The van der Waals surface area contributed by atoms with Gasteiger partial charge in [0.2, 0.25) is 0 Å². The molecule has 0 aromatic heterocycles. The van der Waals surface area contributed by atoms with E-state index in [1.54, 1.807) is 0 Å². The third-order valence-corrected chi connectivity index (χ3v) is 3.21. The Hall–Kier alpha value is -1.50. The molecule has 0 aliphatic rings. The number of rotatable bonds is 1. The van der Waals surface area contributed by atoms with Crippen molar-refractivity contribution in [3.8, 4) is 0 Å². The highest BCUT2D eigenvalue weighted by Crippen LogP contribution is 2.28. The number of fused-ring (bicyclic) bond motifs is 1. The van der Waals surface area contributed by atoms with E-state index < -0.39 is 0 Å². The van der Waals surface area contributed by atoms with Crippen LogP contribution in [-0.4, -0.2) is 14.1 Å². The standard InChI is InChI=1S/C16H21N/c1-16(2,3)14-8-6-12-7-9-15(17(4)5)11-13(12)10-14/h6-11H,1-5H3. The van der Waals surface area contributed by atoms with Crippen LogP contribution in [0.2, 0.25) is 0 Å². The molecule has 0 bridgehead atoms. The van der Waals surface area contributed by atoms with Crippen LogP contribution in [0.1, 0.15) is 26.3 Å². The molecule has 2 rings (SSSR count). The van der Waals surface area contributed by atoms with Crippen molar-refractivity contribution in [1.82, 2.24) is 0 Å². The lowest BCUT2D eigenvalue weighted by molar-refractivity contribution is 0.591. The van der Waals surface area contributed by atoms with E-state index in [1.807, 2.05) is 0 Å². The molecule has 0 aliphatic heterocycles. The molecule has 0 amide bonds. The van der Waals surface area contributed by atoms with Crippen LogP contribution in [0.3, 0.4) is 0 Å². The van der Waals surface area contributed by atoms with Crippen molar-refractivity contribution in [3.63, 3.8) is 0 Å². The molecule has 0 saturated heterocycles. The second-order valence-corrected chi connectivity index (χ2v) is 5.89. The molecular formula is C16H21N. The summed E-state index contributed by atoms with van der Waals surface area (Å²) < 4.78 is 0. The number of hydrogen-bond donors (Lipinski definition) is 0. The Morgan fingerprint density at radius 3 is 2.06 bits per heavy atom. The third-order valence-electron chi connectivity index (χ3n) is 3.21. The summed E-state index contributed by atoms with van der Waals surface area (Å²) in [6.07, 6.45) is 0. The van der Waals surface area contributed by atoms with Crippen LogP contribution in [0, 0.1) is 0 Å². The van der Waals surface area contributed by atoms with Crippen LogP contribution in [0.5, 0.6) is 0 Å². The minimum Gasteiger partial charge on any atom is -0.378 e. The van der Waals surface area contributed by atoms with Gasteiger partial charge in [0.1, 0.15) is 0 Å². The summed E-state index contributed by atoms with van der Waals surface area (Å²) in [5.41, 5.74) is 2.85. The first-order chi connectivity index (χ1) is 7.88. The molecule has 2 aromatic carbocycles. The van der Waals surface area contributed by atoms with Crippen molar-refractivity contribution < 1.29 is 0 Å². The maximum absolute atomic E-state index is 2.31. The quantitative estimate of drug-likeness (QED) is 0.705. The summed E-state index contributed by atoms with van der Waals surface area (Å²) in [7, 11) is 4.16. The molecule has 0 spiro atoms. The first kappa shape index (κ1) is 12.0. The molecule has 1 nitrogen and oxygen atoms in total. The lowest BCUT2D eigenvalue weighted by Gasteiger charge is -2.20. The topological polar surface area (TPSA) is 3.24 Å². The van der Waals surface area contributed by atoms with Crippen molar-refractivity contribution in [1.29, 1.82) is 0 Å². The summed E-state index contributed by atoms with van der Waals surface area (Å²) in [6.45, 7) is 6.76. The van der Waals surface area contributed by atoms with Gasteiger partial charge in [-0.15, -0.1) is 0 Å². The zero-order chi connectivity index (χ0) is 12.6. The van der Waals surface area contributed by atoms with Crippen molar-refractivity contribution in [2.75, 3.05) is 19.0 Å². The van der Waals surface area contributed by atoms with Crippen LogP contribution in [0.25, 0.3) is 10.8 Å². The minimum absolute atomic E-state index is 0.211. The lowest BCUT2D eigenvalue weighted by atomic mass is 9.86. The molecule has 0 atom stereocenters. The van der Waals surface area contributed by atoms with Gasteiger partial charge in [0.15, 0.2) is 0 Å². The van der Waals surface area contributed by atoms with Crippen molar-refractivity contribution in [3.05, 3.63) is 42.0 Å². The highest BCUT2D eigenvalue weighted by Gasteiger charge is 2.13. The third kappa shape index (κ3) is 2.44. The molecule has 0 unspecified atom stereocenters. The van der Waals surface area contributed by atoms with Crippen molar-refractivity contribution >= 4 is 16.5 Å². The zero-order valence-corrected chi connectivity index (χ0v) is 11.4. The fraction of sp³-hybridized carbons (Fsp3) is 0.375. The summed E-state index contributed by atoms with van der Waals surface area (Å²) >= 11 is 0. The molecule has 2 aromatic rings. The Morgan fingerprint density at radius 1 is 0.824 bits per heavy atom. The van der Waals surface area contributed by atoms with E-state index in [1.165, 1.54) is 22.0 Å². The van der Waals surface area contributed by atoms with E-state index >= 15 is 0 Å². The predicted octanol–water partition coefficient (Wildman–Crippen LogP) is 4.20. The molecule has 0 aliphatic carbocycles. The average Bonchev–Trinajstić information content (AvgIpc) is 2.26. The Bertz CT molecular complexity index is 533. The number of hydrogen-bond acceptors (Lipinski definition) is 1. The van der Waals surface area contributed by atoms with Gasteiger partial charge >= 0.3 is 0 Å². The highest BCUT2D eigenvalue weighted by molar-refractivity contribution is 5.86. The SMILES string of the molecule is CN(C)c1ccc2ccc(C(C)(C)C)cc2c1. The molecule has 1 heteroatoms. The number of nitrogens with zero attached hydrogens (tertiary/aromatic N) is 1. The largest absolute Gasteiger partial charge is 0.378 e. The Balaban J connectivity index is 2.59. The Labute approximate surface area is 104 Å². The van der Waals surface area contributed by atoms with Crippen LogP contribution >= 0.6 is 0 Å². The maximum Gasteiger partial charge on any atom is 0.0367 e. The van der Waals surface area contributed by atoms with E-state index in [2.05, 4.69) is 76.2 Å². The maximum atomic E-state index is 2.31. The second-order valence-electron chi connectivity index (χ2n) is 5.89. The molecule has 90 valence electrons. The molecule has 0 N–H and O–H groups in total. The second kappa shape index (κ2) is 4.06. The van der Waals surface area contributed by atoms with Crippen LogP contribution < -0.4 is 4.90 Å². The monoisotopic (exact) mass is 227 g/mol. The van der Waals surface area contributed by atoms with Gasteiger partial charge < -0.3 is 4.90 Å². The predicted molar refractivity (Wildman–Crippen MR) is 77.0 cm³/mol. The summed E-state index contributed by atoms with van der Waals surface area (Å²) in [4.78, 5) is 2.14. The van der Waals surface area contributed by atoms with Crippen LogP contribution in [0.15, 0.2) is 36.4 Å². The molecular weight excluding hydrogens is 206 g/mol. The van der Waals surface area contributed by atoms with E-state index in [4.69, 9.17) is 0 Å². The number of benzene rings is 2. The van der Waals surface area contributed by atoms with Gasteiger partial charge in [-0.3, -0.25) is 0 Å². The van der Waals surface area contributed by atoms with E-state index in [0.29, 0.717) is 0 Å². The van der Waals surface area contributed by atoms with Crippen molar-refractivity contribution in [2.45, 2.75) is 26.2 Å². The molecule has 0 heterocycles. The fourth-order valence-electron chi connectivity index (χ4n) is 1.98. The molecule has 0 radical (unpaired) electrons. The normalized spacial score (nSPS) is 11.8. The number of anilines is 1. The van der Waals surface area contributed by atoms with Crippen molar-refractivity contribution in [2.24, 2.45) is 0 Å². The van der Waals surface area contributed by atoms with Gasteiger partial charge in [0, 0.05) is 19.8 Å². The van der Waals surface area contributed by atoms with E-state index in [0.717, 1.165) is 0 Å². The smallest absolute Gasteiger partial charge is 0.0367 e. The van der Waals surface area contributed by atoms with Gasteiger partial charge in [-0.1, -0.05) is 45.0 Å². The highest BCUT2D eigenvalue weighted by atomic mass is 15.1. The van der Waals surface area contributed by atoms with Crippen LogP contribution in [0.4, 0.5) is 5.69 Å². The fourth-order valence-corrected chi connectivity index (χ4v) is 1.98. The Morgan fingerprint density at radius 2 is 1.47 bits per heavy atom. The van der Waals surface area contributed by atoms with Gasteiger partial charge in [0.25, 0.3) is 0 Å². The first-order valence-electron chi connectivity index (χ1n) is 6.09. The van der Waals surface area contributed by atoms with Gasteiger partial charge in [-0.2, -0.15) is 0 Å². The zero-order valence-electron chi connectivity index (χ0n) is 11.4. The van der Waals surface area contributed by atoms with E-state index in [-0.39, 0.29) is 5.41 Å². The molecule has 0 saturated carbocycles. The summed E-state index contributed by atoms with van der Waals surface area (Å²) in [5.74, 6) is 0.